The number of carbonyl (C=O) groups excluding carboxylic acids is 3. The Labute approximate surface area is 154 Å². The maximum atomic E-state index is 11.9. The van der Waals surface area contributed by atoms with Crippen molar-refractivity contribution in [2.75, 3.05) is 31.3 Å². The van der Waals surface area contributed by atoms with Crippen molar-refractivity contribution in [3.05, 3.63) is 41.4 Å². The molecule has 0 aliphatic carbocycles. The van der Waals surface area contributed by atoms with Gasteiger partial charge in [-0.25, -0.2) is 4.79 Å². The summed E-state index contributed by atoms with van der Waals surface area (Å²) in [4.78, 5) is 37.6. The van der Waals surface area contributed by atoms with Gasteiger partial charge in [0.25, 0.3) is 0 Å². The van der Waals surface area contributed by atoms with Gasteiger partial charge in [0.05, 0.1) is 35.8 Å². The minimum absolute atomic E-state index is 0.0840. The second kappa shape index (κ2) is 10.1. The highest BCUT2D eigenvalue weighted by atomic mass is 32.2. The van der Waals surface area contributed by atoms with Crippen LogP contribution < -0.4 is 0 Å². The maximum absolute atomic E-state index is 11.9. The normalized spacial score (nSPS) is 15.5. The summed E-state index contributed by atoms with van der Waals surface area (Å²) in [6.45, 7) is 2.30. The second-order valence-corrected chi connectivity index (χ2v) is 6.94. The third kappa shape index (κ3) is 6.47. The summed E-state index contributed by atoms with van der Waals surface area (Å²) < 4.78 is 10.0. The van der Waals surface area contributed by atoms with Crippen molar-refractivity contribution in [3.63, 3.8) is 0 Å². The smallest absolute Gasteiger partial charge is 0.333 e. The number of hydrogen-bond donors (Lipinski definition) is 0. The molecule has 0 spiro atoms. The molecule has 0 N–H and O–H groups in total. The largest absolute Gasteiger partial charge is 0.463 e. The zero-order valence-electron chi connectivity index (χ0n) is 13.8. The van der Waals surface area contributed by atoms with Gasteiger partial charge in [0.15, 0.2) is 0 Å². The highest BCUT2D eigenvalue weighted by Crippen LogP contribution is 2.28. The van der Waals surface area contributed by atoms with Crippen LogP contribution in [-0.4, -0.2) is 54.0 Å². The predicted molar refractivity (Wildman–Crippen MR) is 97.0 cm³/mol. The minimum atomic E-state index is -0.485. The van der Waals surface area contributed by atoms with Crippen molar-refractivity contribution in [2.24, 2.45) is 0 Å². The molecule has 0 unspecified atom stereocenters. The molecule has 0 bridgehead atoms. The van der Waals surface area contributed by atoms with Gasteiger partial charge in [0.2, 0.25) is 5.91 Å². The molecule has 8 heteroatoms. The Kier molecular flexibility index (Phi) is 7.87. The molecule has 1 amide bonds. The van der Waals surface area contributed by atoms with Crippen LogP contribution in [0.1, 0.15) is 6.92 Å². The van der Waals surface area contributed by atoms with Crippen LogP contribution in [-0.2, 0) is 23.9 Å². The first-order chi connectivity index (χ1) is 12.1. The molecule has 0 radical (unpaired) electrons. The Hall–Kier alpha value is -1.93. The topological polar surface area (TPSA) is 72.9 Å². The number of nitrogens with zero attached hydrogens (tertiary/aromatic N) is 1. The van der Waals surface area contributed by atoms with Crippen LogP contribution >= 0.6 is 23.5 Å². The van der Waals surface area contributed by atoms with Gasteiger partial charge in [-0.15, -0.1) is 11.8 Å². The van der Waals surface area contributed by atoms with Crippen molar-refractivity contribution in [1.82, 2.24) is 4.90 Å². The van der Waals surface area contributed by atoms with Crippen LogP contribution in [0.3, 0.4) is 0 Å². The van der Waals surface area contributed by atoms with Crippen molar-refractivity contribution in [3.8, 4) is 0 Å². The molecule has 6 nitrogen and oxygen atoms in total. The first-order valence-electron chi connectivity index (χ1n) is 7.75. The fourth-order valence-electron chi connectivity index (χ4n) is 2.01. The lowest BCUT2D eigenvalue weighted by Crippen LogP contribution is -2.29. The van der Waals surface area contributed by atoms with E-state index in [-0.39, 0.29) is 43.1 Å². The van der Waals surface area contributed by atoms with E-state index in [1.165, 1.54) is 34.5 Å². The third-order valence-corrected chi connectivity index (χ3v) is 5.13. The molecule has 0 saturated carbocycles. The summed E-state index contributed by atoms with van der Waals surface area (Å²) in [6, 6.07) is 9.56. The molecule has 1 saturated heterocycles. The van der Waals surface area contributed by atoms with Crippen LogP contribution in [0.5, 0.6) is 0 Å². The molecular weight excluding hydrogens is 362 g/mol. The van der Waals surface area contributed by atoms with E-state index in [2.05, 4.69) is 0 Å². The zero-order valence-corrected chi connectivity index (χ0v) is 15.4. The lowest BCUT2D eigenvalue weighted by atomic mass is 10.4. The summed E-state index contributed by atoms with van der Waals surface area (Å²) >= 11 is 2.67. The van der Waals surface area contributed by atoms with Crippen LogP contribution in [0.25, 0.3) is 0 Å². The molecule has 1 fully saturated rings. The number of hydrogen-bond acceptors (Lipinski definition) is 7. The number of esters is 2. The molecule has 25 heavy (non-hydrogen) atoms. The summed E-state index contributed by atoms with van der Waals surface area (Å²) in [5.41, 5.74) is 0. The van der Waals surface area contributed by atoms with Crippen molar-refractivity contribution in [1.29, 1.82) is 0 Å². The lowest BCUT2D eigenvalue weighted by Gasteiger charge is -2.16. The maximum Gasteiger partial charge on any atom is 0.333 e. The lowest BCUT2D eigenvalue weighted by molar-refractivity contribution is -0.142. The summed E-state index contributed by atoms with van der Waals surface area (Å²) in [5.74, 6) is -0.471. The number of amides is 1. The number of ether oxygens (including phenoxy) is 2. The quantitative estimate of drug-likeness (QED) is 0.389. The van der Waals surface area contributed by atoms with E-state index in [9.17, 15) is 14.4 Å². The Morgan fingerprint density at radius 2 is 2.04 bits per heavy atom. The zero-order chi connectivity index (χ0) is 18.1. The molecule has 0 atom stereocenters. The van der Waals surface area contributed by atoms with Crippen molar-refractivity contribution < 1.29 is 23.9 Å². The standard InChI is InChI=1S/C17H19NO5S2/c1-2-22-16(20)10-15-18(14(19)11-25-15)8-9-23-17(21)12-24-13-6-4-3-5-7-13/h3-7,10H,2,8-9,11-12H2,1H3/b15-10-. The van der Waals surface area contributed by atoms with Gasteiger partial charge in [0, 0.05) is 4.90 Å². The van der Waals surface area contributed by atoms with Crippen molar-refractivity contribution in [2.45, 2.75) is 11.8 Å². The second-order valence-electron chi connectivity index (χ2n) is 4.89. The monoisotopic (exact) mass is 381 g/mol. The molecule has 2 rings (SSSR count). The number of benzene rings is 1. The van der Waals surface area contributed by atoms with E-state index >= 15 is 0 Å². The molecule has 1 heterocycles. The van der Waals surface area contributed by atoms with E-state index in [4.69, 9.17) is 9.47 Å². The van der Waals surface area contributed by atoms with Gasteiger partial charge in [-0.05, 0) is 19.1 Å². The summed E-state index contributed by atoms with van der Waals surface area (Å²) in [7, 11) is 0. The third-order valence-electron chi connectivity index (χ3n) is 3.12. The number of rotatable bonds is 8. The van der Waals surface area contributed by atoms with E-state index in [0.29, 0.717) is 5.03 Å². The Balaban J connectivity index is 1.76. The molecule has 134 valence electrons. The van der Waals surface area contributed by atoms with Crippen molar-refractivity contribution >= 4 is 41.4 Å². The molecule has 1 aromatic rings. The first kappa shape index (κ1) is 19.4. The SMILES string of the molecule is CCOC(=O)/C=C1\SCC(=O)N1CCOC(=O)CSc1ccccc1. The van der Waals surface area contributed by atoms with Gasteiger partial charge < -0.3 is 14.4 Å². The van der Waals surface area contributed by atoms with Gasteiger partial charge in [-0.1, -0.05) is 30.0 Å². The fraction of sp³-hybridized carbons (Fsp3) is 0.353. The predicted octanol–water partition coefficient (Wildman–Crippen LogP) is 2.30. The highest BCUT2D eigenvalue weighted by Gasteiger charge is 2.27. The molecular formula is C17H19NO5S2. The van der Waals surface area contributed by atoms with E-state index < -0.39 is 5.97 Å². The van der Waals surface area contributed by atoms with Gasteiger partial charge >= 0.3 is 11.9 Å². The Bertz CT molecular complexity index is 648. The van der Waals surface area contributed by atoms with E-state index in [0.717, 1.165) is 4.90 Å². The molecule has 1 aliphatic heterocycles. The number of thioether (sulfide) groups is 2. The van der Waals surface area contributed by atoms with Crippen LogP contribution in [0, 0.1) is 0 Å². The highest BCUT2D eigenvalue weighted by molar-refractivity contribution is 8.04. The molecule has 1 aromatic carbocycles. The summed E-state index contributed by atoms with van der Waals surface area (Å²) in [6.07, 6.45) is 1.30. The Morgan fingerprint density at radius 1 is 1.28 bits per heavy atom. The molecule has 0 aromatic heterocycles. The minimum Gasteiger partial charge on any atom is -0.463 e. The fourth-order valence-corrected chi connectivity index (χ4v) is 3.68. The van der Waals surface area contributed by atoms with Crippen LogP contribution in [0.15, 0.2) is 46.3 Å². The van der Waals surface area contributed by atoms with Crippen LogP contribution in [0.4, 0.5) is 0 Å². The average molecular weight is 381 g/mol. The average Bonchev–Trinajstić information content (AvgIpc) is 2.94. The van der Waals surface area contributed by atoms with Gasteiger partial charge in [-0.2, -0.15) is 0 Å². The summed E-state index contributed by atoms with van der Waals surface area (Å²) in [5, 5.41) is 0.526. The van der Waals surface area contributed by atoms with Gasteiger partial charge in [0.1, 0.15) is 6.61 Å². The molecule has 1 aliphatic rings. The number of carbonyl (C=O) groups is 3. The van der Waals surface area contributed by atoms with Gasteiger partial charge in [-0.3, -0.25) is 9.59 Å². The van der Waals surface area contributed by atoms with Crippen LogP contribution in [0.2, 0.25) is 0 Å². The first-order valence-corrected chi connectivity index (χ1v) is 9.72. The van der Waals surface area contributed by atoms with E-state index in [1.54, 1.807) is 6.92 Å². The Morgan fingerprint density at radius 3 is 2.76 bits per heavy atom. The van der Waals surface area contributed by atoms with E-state index in [1.807, 2.05) is 30.3 Å².